The van der Waals surface area contributed by atoms with Crippen LogP contribution in [-0.4, -0.2) is 24.2 Å². The number of hydrogen-bond donors (Lipinski definition) is 2. The number of anilines is 1. The fraction of sp³-hybridized carbons (Fsp3) is 0.250. The van der Waals surface area contributed by atoms with Gasteiger partial charge >= 0.3 is 0 Å². The summed E-state index contributed by atoms with van der Waals surface area (Å²) in [5, 5.41) is 12.5. The van der Waals surface area contributed by atoms with E-state index in [1.165, 1.54) is 6.08 Å². The molecule has 0 aliphatic rings. The van der Waals surface area contributed by atoms with Gasteiger partial charge in [0, 0.05) is 6.08 Å². The molecule has 0 aliphatic heterocycles. The summed E-state index contributed by atoms with van der Waals surface area (Å²) in [6, 6.07) is 10.6. The Hall–Kier alpha value is -2.95. The number of nitrogens with one attached hydrogen (secondary N) is 1. The highest BCUT2D eigenvalue weighted by atomic mass is 16.5. The lowest BCUT2D eigenvalue weighted by Gasteiger charge is -2.11. The van der Waals surface area contributed by atoms with E-state index in [1.54, 1.807) is 18.2 Å². The van der Waals surface area contributed by atoms with E-state index in [4.69, 9.17) is 9.47 Å². The number of aryl methyl sites for hydroxylation is 1. The summed E-state index contributed by atoms with van der Waals surface area (Å²) in [5.74, 6) is 1.03. The topological polar surface area (TPSA) is 67.8 Å². The molecule has 0 radical (unpaired) electrons. The lowest BCUT2D eigenvalue weighted by molar-refractivity contribution is -0.111. The molecule has 0 saturated carbocycles. The van der Waals surface area contributed by atoms with Crippen LogP contribution in [0.5, 0.6) is 17.2 Å². The molecule has 132 valence electrons. The second kappa shape index (κ2) is 8.78. The Labute approximate surface area is 147 Å². The van der Waals surface area contributed by atoms with Gasteiger partial charge in [0.25, 0.3) is 0 Å². The Kier molecular flexibility index (Phi) is 6.46. The summed E-state index contributed by atoms with van der Waals surface area (Å²) in [5.41, 5.74) is 2.11. The van der Waals surface area contributed by atoms with Crippen LogP contribution in [0.4, 0.5) is 5.69 Å². The Morgan fingerprint density at radius 3 is 2.48 bits per heavy atom. The lowest BCUT2D eigenvalue weighted by Crippen LogP contribution is -2.07. The molecule has 25 heavy (non-hydrogen) atoms. The van der Waals surface area contributed by atoms with Crippen LogP contribution in [0.15, 0.2) is 42.5 Å². The third kappa shape index (κ3) is 5.28. The van der Waals surface area contributed by atoms with Crippen LogP contribution >= 0.6 is 0 Å². The average molecular weight is 341 g/mol. The van der Waals surface area contributed by atoms with Crippen molar-refractivity contribution in [3.05, 3.63) is 53.6 Å². The summed E-state index contributed by atoms with van der Waals surface area (Å²) in [7, 11) is 0. The van der Waals surface area contributed by atoms with Gasteiger partial charge in [0.15, 0.2) is 11.5 Å². The quantitative estimate of drug-likeness (QED) is 0.586. The van der Waals surface area contributed by atoms with Gasteiger partial charge in [-0.05, 0) is 62.2 Å². The first-order valence-corrected chi connectivity index (χ1v) is 8.21. The van der Waals surface area contributed by atoms with Gasteiger partial charge in [-0.25, -0.2) is 0 Å². The van der Waals surface area contributed by atoms with Crippen LogP contribution < -0.4 is 14.8 Å². The number of carbonyl (C=O) groups excluding carboxylic acids is 1. The van der Waals surface area contributed by atoms with Crippen molar-refractivity contribution < 1.29 is 19.4 Å². The van der Waals surface area contributed by atoms with E-state index in [-0.39, 0.29) is 11.7 Å². The molecular formula is C20H23NO4. The first-order chi connectivity index (χ1) is 12.0. The van der Waals surface area contributed by atoms with Crippen LogP contribution in [0.2, 0.25) is 0 Å². The van der Waals surface area contributed by atoms with Crippen LogP contribution in [0, 0.1) is 6.92 Å². The molecule has 0 atom stereocenters. The van der Waals surface area contributed by atoms with Crippen LogP contribution in [0.3, 0.4) is 0 Å². The number of ether oxygens (including phenoxy) is 2. The molecule has 0 spiro atoms. The molecule has 0 aromatic heterocycles. The summed E-state index contributed by atoms with van der Waals surface area (Å²) in [4.78, 5) is 12.0. The Balaban J connectivity index is 2.09. The fourth-order valence-electron chi connectivity index (χ4n) is 2.27. The first-order valence-electron chi connectivity index (χ1n) is 8.21. The third-order valence-electron chi connectivity index (χ3n) is 3.41. The van der Waals surface area contributed by atoms with E-state index in [1.807, 2.05) is 45.0 Å². The molecule has 2 aromatic carbocycles. The number of rotatable bonds is 7. The summed E-state index contributed by atoms with van der Waals surface area (Å²) < 4.78 is 11.1. The van der Waals surface area contributed by atoms with Crippen molar-refractivity contribution in [2.75, 3.05) is 18.5 Å². The number of hydrogen-bond acceptors (Lipinski definition) is 4. The zero-order valence-corrected chi connectivity index (χ0v) is 14.7. The average Bonchev–Trinajstić information content (AvgIpc) is 2.58. The molecule has 0 unspecified atom stereocenters. The number of aromatic hydroxyl groups is 1. The predicted octanol–water partition coefficient (Wildman–Crippen LogP) is 4.15. The smallest absolute Gasteiger partial charge is 0.248 e. The largest absolute Gasteiger partial charge is 0.506 e. The van der Waals surface area contributed by atoms with E-state index in [0.717, 1.165) is 11.1 Å². The van der Waals surface area contributed by atoms with Gasteiger partial charge in [0.2, 0.25) is 5.91 Å². The highest BCUT2D eigenvalue weighted by Gasteiger charge is 2.06. The van der Waals surface area contributed by atoms with E-state index < -0.39 is 0 Å². The SMILES string of the molecule is CCOc1ccc(/C=C/C(=O)Nc2ccc(C)cc2O)cc1OCC. The molecule has 5 nitrogen and oxygen atoms in total. The van der Waals surface area contributed by atoms with Crippen molar-refractivity contribution in [3.8, 4) is 17.2 Å². The van der Waals surface area contributed by atoms with Crippen molar-refractivity contribution in [2.45, 2.75) is 20.8 Å². The zero-order valence-electron chi connectivity index (χ0n) is 14.7. The molecule has 2 aromatic rings. The predicted molar refractivity (Wildman–Crippen MR) is 99.3 cm³/mol. The van der Waals surface area contributed by atoms with Gasteiger partial charge in [-0.3, -0.25) is 4.79 Å². The molecular weight excluding hydrogens is 318 g/mol. The van der Waals surface area contributed by atoms with Gasteiger partial charge in [-0.15, -0.1) is 0 Å². The maximum atomic E-state index is 12.0. The van der Waals surface area contributed by atoms with E-state index in [0.29, 0.717) is 30.4 Å². The van der Waals surface area contributed by atoms with Crippen molar-refractivity contribution in [2.24, 2.45) is 0 Å². The minimum Gasteiger partial charge on any atom is -0.506 e. The highest BCUT2D eigenvalue weighted by molar-refractivity contribution is 6.02. The van der Waals surface area contributed by atoms with Gasteiger partial charge in [-0.2, -0.15) is 0 Å². The maximum absolute atomic E-state index is 12.0. The Bertz CT molecular complexity index is 768. The van der Waals surface area contributed by atoms with Gasteiger partial charge in [0.05, 0.1) is 18.9 Å². The molecule has 0 saturated heterocycles. The summed E-state index contributed by atoms with van der Waals surface area (Å²) in [6.07, 6.45) is 3.09. The summed E-state index contributed by atoms with van der Waals surface area (Å²) in [6.45, 7) is 6.76. The Morgan fingerprint density at radius 1 is 1.08 bits per heavy atom. The monoisotopic (exact) mass is 341 g/mol. The molecule has 1 amide bonds. The fourth-order valence-corrected chi connectivity index (χ4v) is 2.27. The normalized spacial score (nSPS) is 10.7. The van der Waals surface area contributed by atoms with Crippen molar-refractivity contribution in [1.29, 1.82) is 0 Å². The molecule has 0 bridgehead atoms. The van der Waals surface area contributed by atoms with Gasteiger partial charge in [0.1, 0.15) is 5.75 Å². The second-order valence-corrected chi connectivity index (χ2v) is 5.42. The first kappa shape index (κ1) is 18.4. The van der Waals surface area contributed by atoms with Crippen LogP contribution in [-0.2, 0) is 4.79 Å². The van der Waals surface area contributed by atoms with Crippen molar-refractivity contribution in [3.63, 3.8) is 0 Å². The Morgan fingerprint density at radius 2 is 1.80 bits per heavy atom. The molecule has 2 rings (SSSR count). The number of phenolic OH excluding ortho intramolecular Hbond substituents is 1. The standard InChI is InChI=1S/C20H23NO4/c1-4-24-18-10-7-15(13-19(18)25-5-2)8-11-20(23)21-16-9-6-14(3)12-17(16)22/h6-13,22H,4-5H2,1-3H3,(H,21,23)/b11-8+. The van der Waals surface area contributed by atoms with Gasteiger partial charge < -0.3 is 19.9 Å². The number of phenols is 1. The minimum absolute atomic E-state index is 0.0430. The molecule has 0 aliphatic carbocycles. The number of benzene rings is 2. The van der Waals surface area contributed by atoms with Crippen molar-refractivity contribution in [1.82, 2.24) is 0 Å². The lowest BCUT2D eigenvalue weighted by atomic mass is 10.2. The van der Waals surface area contributed by atoms with Crippen LogP contribution in [0.1, 0.15) is 25.0 Å². The van der Waals surface area contributed by atoms with Crippen molar-refractivity contribution >= 4 is 17.7 Å². The third-order valence-corrected chi connectivity index (χ3v) is 3.41. The highest BCUT2D eigenvalue weighted by Crippen LogP contribution is 2.29. The second-order valence-electron chi connectivity index (χ2n) is 5.42. The molecule has 5 heteroatoms. The van der Waals surface area contributed by atoms with E-state index >= 15 is 0 Å². The number of carbonyl (C=O) groups is 1. The minimum atomic E-state index is -0.328. The molecule has 2 N–H and O–H groups in total. The molecule has 0 fully saturated rings. The van der Waals surface area contributed by atoms with Crippen LogP contribution in [0.25, 0.3) is 6.08 Å². The van der Waals surface area contributed by atoms with Gasteiger partial charge in [-0.1, -0.05) is 12.1 Å². The van der Waals surface area contributed by atoms with E-state index in [2.05, 4.69) is 5.32 Å². The maximum Gasteiger partial charge on any atom is 0.248 e. The van der Waals surface area contributed by atoms with E-state index in [9.17, 15) is 9.90 Å². The number of amides is 1. The zero-order chi connectivity index (χ0) is 18.2. The summed E-state index contributed by atoms with van der Waals surface area (Å²) >= 11 is 0. The molecule has 0 heterocycles.